The molecule has 0 fully saturated rings. The summed E-state index contributed by atoms with van der Waals surface area (Å²) in [5.74, 6) is -1.64. The lowest BCUT2D eigenvalue weighted by Gasteiger charge is -2.21. The lowest BCUT2D eigenvalue weighted by atomic mass is 10.1. The summed E-state index contributed by atoms with van der Waals surface area (Å²) in [6.45, 7) is 2.34. The summed E-state index contributed by atoms with van der Waals surface area (Å²) in [7, 11) is -9.81. The van der Waals surface area contributed by atoms with Gasteiger partial charge >= 0.3 is 33.6 Å². The predicted octanol–water partition coefficient (Wildman–Crippen LogP) is 21.1. The lowest BCUT2D eigenvalue weighted by molar-refractivity contribution is -0.161. The zero-order chi connectivity index (χ0) is 70.9. The Labute approximate surface area is 587 Å². The molecule has 0 aliphatic rings. The first-order valence-electron chi connectivity index (χ1n) is 36.8. The van der Waals surface area contributed by atoms with Gasteiger partial charge in [-0.3, -0.25) is 32.5 Å². The van der Waals surface area contributed by atoms with Crippen LogP contribution in [0.4, 0.5) is 0 Å². The number of ether oxygens (including phenoxy) is 3. The molecule has 0 saturated heterocycles. The SMILES string of the molecule is CC/C=C\C/C=C\C/C=C\C/C=C\C/C=C\C/C=C\CCCCCCC(=O)OCC(O)COP(=O)(O)OCC(O)COP(=O)(O)OCC(COC(=O)CCCCCCCCC/C=C\C/C=C\C/C=C\C/C=C\C/C=C\CC)OC(=O)CCCCCCC/C=C\C/C=C\CCCCC. The number of phosphoric acid groups is 2. The van der Waals surface area contributed by atoms with Crippen molar-refractivity contribution in [3.8, 4) is 0 Å². The van der Waals surface area contributed by atoms with Crippen LogP contribution in [0.5, 0.6) is 0 Å². The van der Waals surface area contributed by atoms with Crippen molar-refractivity contribution in [2.75, 3.05) is 39.6 Å². The van der Waals surface area contributed by atoms with Gasteiger partial charge in [0.1, 0.15) is 25.4 Å². The van der Waals surface area contributed by atoms with E-state index in [4.69, 9.17) is 32.3 Å². The minimum atomic E-state index is -4.94. The largest absolute Gasteiger partial charge is 0.472 e. The van der Waals surface area contributed by atoms with E-state index in [1.165, 1.54) is 19.3 Å². The van der Waals surface area contributed by atoms with E-state index in [1.54, 1.807) is 0 Å². The van der Waals surface area contributed by atoms with Crippen LogP contribution in [0.2, 0.25) is 0 Å². The maximum atomic E-state index is 13.0. The molecule has 0 bridgehead atoms. The molecule has 0 aromatic heterocycles. The second-order valence-corrected chi connectivity index (χ2v) is 26.9. The van der Waals surface area contributed by atoms with Crippen LogP contribution >= 0.6 is 15.6 Å². The molecular weight excluding hydrogens is 1270 g/mol. The highest BCUT2D eigenvalue weighted by Gasteiger charge is 2.29. The number of esters is 3. The summed E-state index contributed by atoms with van der Waals surface area (Å²) < 4.78 is 61.0. The van der Waals surface area contributed by atoms with Crippen molar-refractivity contribution in [2.24, 2.45) is 0 Å². The van der Waals surface area contributed by atoms with Gasteiger partial charge in [-0.15, -0.1) is 0 Å². The van der Waals surface area contributed by atoms with Gasteiger partial charge in [0, 0.05) is 19.3 Å². The Bertz CT molecular complexity index is 2400. The molecule has 0 aromatic rings. The third-order valence-corrected chi connectivity index (χ3v) is 16.6. The van der Waals surface area contributed by atoms with Crippen LogP contribution in [0.15, 0.2) is 158 Å². The Balaban J connectivity index is 4.70. The van der Waals surface area contributed by atoms with Crippen LogP contribution in [-0.4, -0.2) is 95.9 Å². The maximum absolute atomic E-state index is 13.0. The van der Waals surface area contributed by atoms with Gasteiger partial charge in [0.05, 0.1) is 26.4 Å². The van der Waals surface area contributed by atoms with E-state index in [0.29, 0.717) is 19.3 Å². The van der Waals surface area contributed by atoms with Gasteiger partial charge in [-0.25, -0.2) is 9.13 Å². The molecule has 0 aliphatic heterocycles. The van der Waals surface area contributed by atoms with Crippen LogP contribution in [0.25, 0.3) is 0 Å². The standard InChI is InChI=1S/C79H130O16P2/c1-4-7-10-13-16-19-22-25-28-30-32-34-36-38-40-42-45-47-50-53-56-59-62-65-77(82)89-68-74(80)69-91-96(85,86)92-70-75(81)71-93-97(87,88)94-73-76(95-79(84)67-64-61-58-55-52-49-44-27-24-21-18-15-12-9-6-3)72-90-78(83)66-63-60-57-54-51-48-46-43-41-39-37-35-33-31-29-26-23-20-17-14-11-8-5-2/h7-8,10-11,16-21,25-29,32-35,38-41,44-45,47,74-76,80-81H,4-6,9,12-15,22-24,30-31,36-37,42-43,46,48-73H2,1-3H3,(H,85,86)(H,87,88)/b10-7-,11-8-,19-16-,20-17-,21-18-,28-25-,29-26-,34-32-,35-33-,40-38-,41-39-,44-27-,47-45-. The number of phosphoric ester groups is 2. The highest BCUT2D eigenvalue weighted by atomic mass is 31.2. The van der Waals surface area contributed by atoms with Crippen molar-refractivity contribution in [1.82, 2.24) is 0 Å². The number of aliphatic hydroxyl groups is 2. The molecule has 18 heteroatoms. The first-order valence-corrected chi connectivity index (χ1v) is 39.8. The van der Waals surface area contributed by atoms with E-state index in [-0.39, 0.29) is 19.3 Å². The number of allylic oxidation sites excluding steroid dienone is 26. The number of carbonyl (C=O) groups excluding carboxylic acids is 3. The lowest BCUT2D eigenvalue weighted by Crippen LogP contribution is -2.30. The monoisotopic (exact) mass is 1400 g/mol. The first-order chi connectivity index (χ1) is 47.2. The molecular formula is C79H130O16P2. The normalized spacial score (nSPS) is 15.0. The van der Waals surface area contributed by atoms with Crippen molar-refractivity contribution < 1.29 is 75.8 Å². The molecule has 0 aliphatic carbocycles. The molecule has 0 amide bonds. The van der Waals surface area contributed by atoms with E-state index in [1.807, 2.05) is 0 Å². The molecule has 4 N–H and O–H groups in total. The molecule has 0 aromatic carbocycles. The van der Waals surface area contributed by atoms with Crippen molar-refractivity contribution >= 4 is 33.6 Å². The van der Waals surface area contributed by atoms with Gasteiger partial charge in [-0.05, 0) is 148 Å². The predicted molar refractivity (Wildman–Crippen MR) is 399 cm³/mol. The van der Waals surface area contributed by atoms with Crippen LogP contribution in [0.1, 0.15) is 265 Å². The molecule has 0 heterocycles. The molecule has 97 heavy (non-hydrogen) atoms. The fourth-order valence-electron chi connectivity index (χ4n) is 9.16. The van der Waals surface area contributed by atoms with Crippen molar-refractivity contribution in [1.29, 1.82) is 0 Å². The zero-order valence-corrected chi connectivity index (χ0v) is 61.7. The number of rotatable bonds is 68. The highest BCUT2D eigenvalue weighted by Crippen LogP contribution is 2.45. The summed E-state index contributed by atoms with van der Waals surface area (Å²) in [4.78, 5) is 58.5. The van der Waals surface area contributed by atoms with Gasteiger partial charge in [0.15, 0.2) is 6.10 Å². The van der Waals surface area contributed by atoms with Crippen LogP contribution < -0.4 is 0 Å². The molecule has 0 saturated carbocycles. The Morgan fingerprint density at radius 1 is 0.299 bits per heavy atom. The van der Waals surface area contributed by atoms with Gasteiger partial charge in [-0.2, -0.15) is 0 Å². The van der Waals surface area contributed by atoms with Crippen molar-refractivity contribution in [3.63, 3.8) is 0 Å². The summed E-state index contributed by atoms with van der Waals surface area (Å²) in [5, 5.41) is 20.6. The number of carbonyl (C=O) groups is 3. The number of aliphatic hydroxyl groups excluding tert-OH is 2. The van der Waals surface area contributed by atoms with Gasteiger partial charge in [0.25, 0.3) is 0 Å². The summed E-state index contributed by atoms with van der Waals surface area (Å²) >= 11 is 0. The van der Waals surface area contributed by atoms with E-state index in [0.717, 1.165) is 186 Å². The number of unbranched alkanes of at least 4 members (excludes halogenated alkanes) is 19. The fraction of sp³-hybridized carbons (Fsp3) is 0.633. The third kappa shape index (κ3) is 72.2. The maximum Gasteiger partial charge on any atom is 0.472 e. The van der Waals surface area contributed by atoms with Crippen LogP contribution in [0.3, 0.4) is 0 Å². The smallest absolute Gasteiger partial charge is 0.463 e. The zero-order valence-electron chi connectivity index (χ0n) is 59.9. The second-order valence-electron chi connectivity index (χ2n) is 24.0. The Kier molecular flexibility index (Phi) is 67.5. The van der Waals surface area contributed by atoms with Gasteiger partial charge in [0.2, 0.25) is 0 Å². The Hall–Kier alpha value is -4.83. The molecule has 552 valence electrons. The van der Waals surface area contributed by atoms with Gasteiger partial charge < -0.3 is 34.2 Å². The third-order valence-electron chi connectivity index (χ3n) is 14.7. The summed E-state index contributed by atoms with van der Waals surface area (Å²) in [5.41, 5.74) is 0. The van der Waals surface area contributed by atoms with E-state index in [2.05, 4.69) is 179 Å². The minimum Gasteiger partial charge on any atom is -0.463 e. The molecule has 5 unspecified atom stereocenters. The second kappa shape index (κ2) is 71.0. The molecule has 5 atom stereocenters. The first kappa shape index (κ1) is 92.2. The van der Waals surface area contributed by atoms with E-state index in [9.17, 15) is 43.5 Å². The van der Waals surface area contributed by atoms with Crippen LogP contribution in [0, 0.1) is 0 Å². The van der Waals surface area contributed by atoms with Crippen LogP contribution in [-0.2, 0) is 55.8 Å². The number of hydrogen-bond acceptors (Lipinski definition) is 14. The highest BCUT2D eigenvalue weighted by molar-refractivity contribution is 7.47. The van der Waals surface area contributed by atoms with Crippen molar-refractivity contribution in [3.05, 3.63) is 158 Å². The topological polar surface area (TPSA) is 231 Å². The summed E-state index contributed by atoms with van der Waals surface area (Å²) in [6, 6.07) is 0. The molecule has 0 rings (SSSR count). The van der Waals surface area contributed by atoms with E-state index < -0.39 is 91.5 Å². The molecule has 0 radical (unpaired) electrons. The minimum absolute atomic E-state index is 0.0801. The van der Waals surface area contributed by atoms with Crippen molar-refractivity contribution in [2.45, 2.75) is 283 Å². The Morgan fingerprint density at radius 3 is 0.866 bits per heavy atom. The average Bonchev–Trinajstić information content (AvgIpc) is 1.77. The summed E-state index contributed by atoms with van der Waals surface area (Å²) in [6.07, 6.45) is 87.1. The molecule has 16 nitrogen and oxygen atoms in total. The van der Waals surface area contributed by atoms with Gasteiger partial charge in [-0.1, -0.05) is 256 Å². The quantitative estimate of drug-likeness (QED) is 0.0146. The van der Waals surface area contributed by atoms with E-state index >= 15 is 0 Å². The average molecular weight is 1400 g/mol. The molecule has 0 spiro atoms. The fourth-order valence-corrected chi connectivity index (χ4v) is 10.7. The number of hydrogen-bond donors (Lipinski definition) is 4. The Morgan fingerprint density at radius 2 is 0.546 bits per heavy atom.